The highest BCUT2D eigenvalue weighted by molar-refractivity contribution is 7.89. The van der Waals surface area contributed by atoms with Gasteiger partial charge in [-0.15, -0.1) is 0 Å². The summed E-state index contributed by atoms with van der Waals surface area (Å²) in [5.41, 5.74) is 1.21. The lowest BCUT2D eigenvalue weighted by Gasteiger charge is -2.10. The second kappa shape index (κ2) is 8.26. The van der Waals surface area contributed by atoms with E-state index in [1.807, 2.05) is 0 Å². The third-order valence-electron chi connectivity index (χ3n) is 3.39. The summed E-state index contributed by atoms with van der Waals surface area (Å²) in [6.07, 6.45) is 0. The van der Waals surface area contributed by atoms with Crippen LogP contribution in [0.3, 0.4) is 0 Å². The molecule has 0 fully saturated rings. The Labute approximate surface area is 153 Å². The number of benzene rings is 2. The summed E-state index contributed by atoms with van der Waals surface area (Å²) < 4.78 is 66.5. The van der Waals surface area contributed by atoms with E-state index in [2.05, 4.69) is 9.44 Å². The predicted octanol–water partition coefficient (Wildman–Crippen LogP) is 2.13. The van der Waals surface area contributed by atoms with Crippen molar-refractivity contribution in [2.75, 3.05) is 0 Å². The molecule has 0 spiro atoms. The van der Waals surface area contributed by atoms with Crippen LogP contribution in [0.4, 0.5) is 4.39 Å². The largest absolute Gasteiger partial charge is 0.243 e. The Morgan fingerprint density at radius 3 is 2.08 bits per heavy atom. The van der Waals surface area contributed by atoms with Crippen molar-refractivity contribution in [1.29, 1.82) is 0 Å². The van der Waals surface area contributed by atoms with Gasteiger partial charge in [-0.3, -0.25) is 0 Å². The van der Waals surface area contributed by atoms with Crippen LogP contribution >= 0.6 is 0 Å². The lowest BCUT2D eigenvalue weighted by Crippen LogP contribution is -2.31. The minimum absolute atomic E-state index is 0.0338. The van der Waals surface area contributed by atoms with Gasteiger partial charge in [-0.25, -0.2) is 30.7 Å². The molecule has 6 nitrogen and oxygen atoms in total. The molecule has 0 aliphatic carbocycles. The van der Waals surface area contributed by atoms with Gasteiger partial charge in [0, 0.05) is 12.6 Å². The first-order valence-electron chi connectivity index (χ1n) is 7.91. The summed E-state index contributed by atoms with van der Waals surface area (Å²) >= 11 is 0. The molecule has 0 radical (unpaired) electrons. The average molecular weight is 400 g/mol. The number of rotatable bonds is 8. The number of hydrogen-bond donors (Lipinski definition) is 2. The molecule has 0 aromatic heterocycles. The fourth-order valence-electron chi connectivity index (χ4n) is 2.29. The molecular weight excluding hydrogens is 379 g/mol. The number of halogens is 1. The van der Waals surface area contributed by atoms with E-state index in [0.29, 0.717) is 11.1 Å². The lowest BCUT2D eigenvalue weighted by molar-refractivity contribution is 0.556. The zero-order valence-electron chi connectivity index (χ0n) is 14.4. The van der Waals surface area contributed by atoms with E-state index in [-0.39, 0.29) is 18.3 Å². The normalized spacial score (nSPS) is 12.5. The van der Waals surface area contributed by atoms with Crippen molar-refractivity contribution in [3.05, 3.63) is 65.5 Å². The highest BCUT2D eigenvalue weighted by Gasteiger charge is 2.18. The Hall–Kier alpha value is -1.81. The Balaban J connectivity index is 2.03. The Morgan fingerprint density at radius 1 is 0.923 bits per heavy atom. The van der Waals surface area contributed by atoms with Crippen LogP contribution in [-0.4, -0.2) is 22.9 Å². The van der Waals surface area contributed by atoms with Gasteiger partial charge in [-0.05, 0) is 37.1 Å². The molecule has 0 aliphatic rings. The van der Waals surface area contributed by atoms with Crippen LogP contribution in [0.2, 0.25) is 0 Å². The standard InChI is InChI=1S/C17H21FN2O4S2/c1-13(2)20-25(21,22)12-15-9-7-14(8-10-15)11-19-26(23,24)17-6-4-3-5-16(17)18/h3-10,13,19-20H,11-12H2,1-2H3. The van der Waals surface area contributed by atoms with Crippen molar-refractivity contribution in [3.8, 4) is 0 Å². The number of hydrogen-bond acceptors (Lipinski definition) is 4. The molecule has 2 aromatic rings. The zero-order valence-corrected chi connectivity index (χ0v) is 16.1. The fraction of sp³-hybridized carbons (Fsp3) is 0.294. The van der Waals surface area contributed by atoms with Crippen LogP contribution < -0.4 is 9.44 Å². The molecule has 26 heavy (non-hydrogen) atoms. The van der Waals surface area contributed by atoms with Crippen molar-refractivity contribution in [3.63, 3.8) is 0 Å². The molecule has 0 aliphatic heterocycles. The molecule has 0 saturated carbocycles. The van der Waals surface area contributed by atoms with E-state index in [4.69, 9.17) is 0 Å². The summed E-state index contributed by atoms with van der Waals surface area (Å²) in [5.74, 6) is -0.981. The van der Waals surface area contributed by atoms with Gasteiger partial charge in [0.25, 0.3) is 0 Å². The zero-order chi connectivity index (χ0) is 19.4. The van der Waals surface area contributed by atoms with Gasteiger partial charge in [0.1, 0.15) is 10.7 Å². The molecule has 142 valence electrons. The van der Waals surface area contributed by atoms with Crippen LogP contribution in [0.5, 0.6) is 0 Å². The van der Waals surface area contributed by atoms with Crippen LogP contribution in [-0.2, 0) is 32.3 Å². The lowest BCUT2D eigenvalue weighted by atomic mass is 10.1. The summed E-state index contributed by atoms with van der Waals surface area (Å²) in [5, 5.41) is 0. The van der Waals surface area contributed by atoms with Gasteiger partial charge >= 0.3 is 0 Å². The first kappa shape index (κ1) is 20.5. The van der Waals surface area contributed by atoms with Crippen molar-refractivity contribution < 1.29 is 21.2 Å². The van der Waals surface area contributed by atoms with Gasteiger partial charge in [-0.1, -0.05) is 36.4 Å². The van der Waals surface area contributed by atoms with Crippen molar-refractivity contribution in [2.24, 2.45) is 0 Å². The summed E-state index contributed by atoms with van der Waals surface area (Å²) in [6.45, 7) is 3.44. The maximum absolute atomic E-state index is 13.6. The van der Waals surface area contributed by atoms with Gasteiger partial charge in [0.05, 0.1) is 5.75 Å². The highest BCUT2D eigenvalue weighted by atomic mass is 32.2. The molecule has 0 saturated heterocycles. The van der Waals surface area contributed by atoms with Gasteiger partial charge in [0.15, 0.2) is 0 Å². The van der Waals surface area contributed by atoms with Crippen LogP contribution in [0, 0.1) is 5.82 Å². The second-order valence-electron chi connectivity index (χ2n) is 6.10. The first-order chi connectivity index (χ1) is 12.1. The van der Waals surface area contributed by atoms with Gasteiger partial charge in [0.2, 0.25) is 20.0 Å². The van der Waals surface area contributed by atoms with Crippen LogP contribution in [0.15, 0.2) is 53.4 Å². The summed E-state index contributed by atoms with van der Waals surface area (Å²) in [7, 11) is -7.40. The molecule has 2 N–H and O–H groups in total. The maximum atomic E-state index is 13.6. The third-order valence-corrected chi connectivity index (χ3v) is 6.37. The first-order valence-corrected chi connectivity index (χ1v) is 11.0. The van der Waals surface area contributed by atoms with Crippen molar-refractivity contribution >= 4 is 20.0 Å². The van der Waals surface area contributed by atoms with Gasteiger partial charge in [-0.2, -0.15) is 0 Å². The Bertz CT molecular complexity index is 957. The van der Waals surface area contributed by atoms with E-state index >= 15 is 0 Å². The predicted molar refractivity (Wildman–Crippen MR) is 97.8 cm³/mol. The molecule has 0 bridgehead atoms. The molecule has 0 atom stereocenters. The summed E-state index contributed by atoms with van der Waals surface area (Å²) in [6, 6.07) is 11.4. The van der Waals surface area contributed by atoms with E-state index < -0.39 is 30.8 Å². The molecular formula is C17H21FN2O4S2. The quantitative estimate of drug-likeness (QED) is 0.710. The number of sulfonamides is 2. The third kappa shape index (κ3) is 5.87. The topological polar surface area (TPSA) is 92.3 Å². The second-order valence-corrected chi connectivity index (χ2v) is 9.59. The molecule has 9 heteroatoms. The Morgan fingerprint density at radius 2 is 1.50 bits per heavy atom. The van der Waals surface area contributed by atoms with E-state index in [1.54, 1.807) is 38.1 Å². The monoisotopic (exact) mass is 400 g/mol. The Kier molecular flexibility index (Phi) is 6.51. The van der Waals surface area contributed by atoms with E-state index in [0.717, 1.165) is 6.07 Å². The number of nitrogens with one attached hydrogen (secondary N) is 2. The minimum Gasteiger partial charge on any atom is -0.212 e. The van der Waals surface area contributed by atoms with E-state index in [9.17, 15) is 21.2 Å². The smallest absolute Gasteiger partial charge is 0.212 e. The summed E-state index contributed by atoms with van der Waals surface area (Å²) in [4.78, 5) is -0.414. The molecule has 0 unspecified atom stereocenters. The average Bonchev–Trinajstić information content (AvgIpc) is 2.53. The van der Waals surface area contributed by atoms with Crippen molar-refractivity contribution in [2.45, 2.75) is 37.1 Å². The van der Waals surface area contributed by atoms with E-state index in [1.165, 1.54) is 18.2 Å². The minimum atomic E-state index is -3.97. The molecule has 2 aromatic carbocycles. The molecule has 0 heterocycles. The SMILES string of the molecule is CC(C)NS(=O)(=O)Cc1ccc(CNS(=O)(=O)c2ccccc2F)cc1. The van der Waals surface area contributed by atoms with Crippen LogP contribution in [0.25, 0.3) is 0 Å². The highest BCUT2D eigenvalue weighted by Crippen LogP contribution is 2.14. The van der Waals surface area contributed by atoms with Crippen LogP contribution in [0.1, 0.15) is 25.0 Å². The van der Waals surface area contributed by atoms with Gasteiger partial charge < -0.3 is 0 Å². The van der Waals surface area contributed by atoms with Crippen molar-refractivity contribution in [1.82, 2.24) is 9.44 Å². The molecule has 2 rings (SSSR count). The maximum Gasteiger partial charge on any atom is 0.243 e. The fourth-order valence-corrected chi connectivity index (χ4v) is 4.82. The molecule has 0 amide bonds.